The van der Waals surface area contributed by atoms with Crippen molar-refractivity contribution in [2.75, 3.05) is 39.4 Å². The number of hydrogen-bond donors (Lipinski definition) is 0. The first-order chi connectivity index (χ1) is 6.31. The summed E-state index contributed by atoms with van der Waals surface area (Å²) in [6.07, 6.45) is 0. The second-order valence-electron chi connectivity index (χ2n) is 3.65. The summed E-state index contributed by atoms with van der Waals surface area (Å²) >= 11 is 0. The number of rotatable bonds is 1. The Balaban J connectivity index is 1.99. The normalized spacial score (nSPS) is 30.4. The lowest BCUT2D eigenvalue weighted by atomic mass is 10.1. The Hall–Kier alpha value is -0.610. The van der Waals surface area contributed by atoms with E-state index >= 15 is 0 Å². The molecule has 1 atom stereocenters. The van der Waals surface area contributed by atoms with Crippen molar-refractivity contribution in [3.63, 3.8) is 0 Å². The highest BCUT2D eigenvalue weighted by atomic mass is 16.5. The molecule has 2 saturated heterocycles. The number of piperazine rings is 1. The lowest BCUT2D eigenvalue weighted by Gasteiger charge is -2.43. The van der Waals surface area contributed by atoms with Gasteiger partial charge < -0.3 is 9.64 Å². The predicted molar refractivity (Wildman–Crippen MR) is 48.4 cm³/mol. The van der Waals surface area contributed by atoms with Gasteiger partial charge in [0.1, 0.15) is 6.61 Å². The Morgan fingerprint density at radius 1 is 1.54 bits per heavy atom. The maximum Gasteiger partial charge on any atom is 0.248 e. The summed E-state index contributed by atoms with van der Waals surface area (Å²) in [5.74, 6) is 0.159. The minimum Gasteiger partial charge on any atom is -0.369 e. The SMILES string of the molecule is CCN1CCN2C(=O)COC[C@@H]2C1. The van der Waals surface area contributed by atoms with Crippen molar-refractivity contribution in [2.45, 2.75) is 13.0 Å². The van der Waals surface area contributed by atoms with E-state index in [-0.39, 0.29) is 12.5 Å². The molecule has 2 fully saturated rings. The highest BCUT2D eigenvalue weighted by Gasteiger charge is 2.32. The van der Waals surface area contributed by atoms with E-state index in [9.17, 15) is 4.79 Å². The number of fused-ring (bicyclic) bond motifs is 1. The standard InChI is InChI=1S/C9H16N2O2/c1-2-10-3-4-11-8(5-10)6-13-7-9(11)12/h8H,2-7H2,1H3/t8-/m0/s1. The molecule has 0 aromatic rings. The van der Waals surface area contributed by atoms with Crippen LogP contribution < -0.4 is 0 Å². The summed E-state index contributed by atoms with van der Waals surface area (Å²) in [5.41, 5.74) is 0. The number of ether oxygens (including phenoxy) is 1. The van der Waals surface area contributed by atoms with Crippen LogP contribution >= 0.6 is 0 Å². The van der Waals surface area contributed by atoms with Gasteiger partial charge in [0.15, 0.2) is 0 Å². The molecule has 4 nitrogen and oxygen atoms in total. The van der Waals surface area contributed by atoms with Gasteiger partial charge in [-0.3, -0.25) is 9.69 Å². The molecule has 0 unspecified atom stereocenters. The highest BCUT2D eigenvalue weighted by molar-refractivity contribution is 5.78. The van der Waals surface area contributed by atoms with Crippen molar-refractivity contribution in [1.82, 2.24) is 9.80 Å². The summed E-state index contributed by atoms with van der Waals surface area (Å²) in [6, 6.07) is 0.301. The average molecular weight is 184 g/mol. The van der Waals surface area contributed by atoms with E-state index in [1.165, 1.54) is 0 Å². The van der Waals surface area contributed by atoms with Crippen molar-refractivity contribution in [1.29, 1.82) is 0 Å². The van der Waals surface area contributed by atoms with Gasteiger partial charge in [-0.2, -0.15) is 0 Å². The highest BCUT2D eigenvalue weighted by Crippen LogP contribution is 2.14. The first-order valence-electron chi connectivity index (χ1n) is 4.91. The number of amides is 1. The van der Waals surface area contributed by atoms with Crippen LogP contribution in [0.4, 0.5) is 0 Å². The van der Waals surface area contributed by atoms with Crippen LogP contribution in [-0.4, -0.2) is 61.1 Å². The van der Waals surface area contributed by atoms with Gasteiger partial charge in [0.05, 0.1) is 12.6 Å². The Bertz CT molecular complexity index is 208. The van der Waals surface area contributed by atoms with Crippen LogP contribution in [0.15, 0.2) is 0 Å². The maximum atomic E-state index is 11.4. The number of nitrogens with zero attached hydrogens (tertiary/aromatic N) is 2. The largest absolute Gasteiger partial charge is 0.369 e. The summed E-state index contributed by atoms with van der Waals surface area (Å²) in [4.78, 5) is 15.7. The molecule has 2 rings (SSSR count). The van der Waals surface area contributed by atoms with Crippen molar-refractivity contribution in [3.8, 4) is 0 Å². The Morgan fingerprint density at radius 3 is 3.15 bits per heavy atom. The molecule has 0 bridgehead atoms. The molecule has 2 aliphatic rings. The number of carbonyl (C=O) groups is 1. The third-order valence-corrected chi connectivity index (χ3v) is 2.87. The topological polar surface area (TPSA) is 32.8 Å². The third-order valence-electron chi connectivity index (χ3n) is 2.87. The van der Waals surface area contributed by atoms with E-state index in [1.54, 1.807) is 0 Å². The molecule has 0 aromatic carbocycles. The second kappa shape index (κ2) is 3.64. The number of likely N-dealkylation sites (N-methyl/N-ethyl adjacent to an activating group) is 1. The fraction of sp³-hybridized carbons (Fsp3) is 0.889. The Kier molecular flexibility index (Phi) is 2.51. The lowest BCUT2D eigenvalue weighted by Crippen LogP contribution is -2.60. The maximum absolute atomic E-state index is 11.4. The van der Waals surface area contributed by atoms with Gasteiger partial charge in [-0.05, 0) is 6.54 Å². The summed E-state index contributed by atoms with van der Waals surface area (Å²) in [5, 5.41) is 0. The minimum absolute atomic E-state index is 0.159. The molecule has 74 valence electrons. The van der Waals surface area contributed by atoms with E-state index in [1.807, 2.05) is 4.90 Å². The average Bonchev–Trinajstić information content (AvgIpc) is 2.18. The molecule has 0 spiro atoms. The molecule has 1 amide bonds. The monoisotopic (exact) mass is 184 g/mol. The van der Waals surface area contributed by atoms with Crippen molar-refractivity contribution in [2.24, 2.45) is 0 Å². The van der Waals surface area contributed by atoms with Crippen LogP contribution in [-0.2, 0) is 9.53 Å². The smallest absolute Gasteiger partial charge is 0.248 e. The zero-order valence-corrected chi connectivity index (χ0v) is 8.03. The van der Waals surface area contributed by atoms with E-state index in [0.29, 0.717) is 12.6 Å². The zero-order valence-electron chi connectivity index (χ0n) is 8.03. The van der Waals surface area contributed by atoms with Gasteiger partial charge in [-0.15, -0.1) is 0 Å². The molecule has 13 heavy (non-hydrogen) atoms. The van der Waals surface area contributed by atoms with E-state index in [2.05, 4.69) is 11.8 Å². The number of carbonyl (C=O) groups excluding carboxylic acids is 1. The summed E-state index contributed by atoms with van der Waals surface area (Å²) in [6.45, 7) is 7.08. The Morgan fingerprint density at radius 2 is 2.38 bits per heavy atom. The molecule has 0 saturated carbocycles. The van der Waals surface area contributed by atoms with Crippen molar-refractivity contribution in [3.05, 3.63) is 0 Å². The molecule has 4 heteroatoms. The fourth-order valence-corrected chi connectivity index (χ4v) is 2.04. The van der Waals surface area contributed by atoms with Crippen LogP contribution in [0, 0.1) is 0 Å². The van der Waals surface area contributed by atoms with Crippen LogP contribution in [0.1, 0.15) is 6.92 Å². The summed E-state index contributed by atoms with van der Waals surface area (Å²) < 4.78 is 5.23. The Labute approximate surface area is 78.4 Å². The molecule has 0 N–H and O–H groups in total. The van der Waals surface area contributed by atoms with E-state index < -0.39 is 0 Å². The van der Waals surface area contributed by atoms with E-state index in [0.717, 1.165) is 26.2 Å². The second-order valence-corrected chi connectivity index (χ2v) is 3.65. The first-order valence-corrected chi connectivity index (χ1v) is 4.91. The van der Waals surface area contributed by atoms with Gasteiger partial charge >= 0.3 is 0 Å². The van der Waals surface area contributed by atoms with Gasteiger partial charge in [-0.25, -0.2) is 0 Å². The minimum atomic E-state index is 0.159. The van der Waals surface area contributed by atoms with E-state index in [4.69, 9.17) is 4.74 Å². The molecule has 2 heterocycles. The quantitative estimate of drug-likeness (QED) is 0.553. The van der Waals surface area contributed by atoms with Crippen LogP contribution in [0.5, 0.6) is 0 Å². The summed E-state index contributed by atoms with van der Waals surface area (Å²) in [7, 11) is 0. The molecule has 0 radical (unpaired) electrons. The predicted octanol–water partition coefficient (Wildman–Crippen LogP) is -0.451. The molecule has 0 aromatic heterocycles. The fourth-order valence-electron chi connectivity index (χ4n) is 2.04. The van der Waals surface area contributed by atoms with Gasteiger partial charge in [0.25, 0.3) is 0 Å². The molecular weight excluding hydrogens is 168 g/mol. The number of hydrogen-bond acceptors (Lipinski definition) is 3. The number of morpholine rings is 1. The zero-order chi connectivity index (χ0) is 9.26. The van der Waals surface area contributed by atoms with Crippen molar-refractivity contribution >= 4 is 5.91 Å². The first kappa shape index (κ1) is 8.97. The molecular formula is C9H16N2O2. The van der Waals surface area contributed by atoms with Crippen LogP contribution in [0.25, 0.3) is 0 Å². The molecule has 2 aliphatic heterocycles. The van der Waals surface area contributed by atoms with Crippen LogP contribution in [0.2, 0.25) is 0 Å². The van der Waals surface area contributed by atoms with Gasteiger partial charge in [0.2, 0.25) is 5.91 Å². The van der Waals surface area contributed by atoms with Gasteiger partial charge in [0, 0.05) is 19.6 Å². The molecule has 0 aliphatic carbocycles. The van der Waals surface area contributed by atoms with Crippen LogP contribution in [0.3, 0.4) is 0 Å². The third kappa shape index (κ3) is 1.69. The van der Waals surface area contributed by atoms with Gasteiger partial charge in [-0.1, -0.05) is 6.92 Å². The van der Waals surface area contributed by atoms with Crippen molar-refractivity contribution < 1.29 is 9.53 Å². The lowest BCUT2D eigenvalue weighted by molar-refractivity contribution is -0.152.